The molecule has 1 fully saturated rings. The van der Waals surface area contributed by atoms with Crippen LogP contribution >= 0.6 is 0 Å². The monoisotopic (exact) mass is 237 g/mol. The molecule has 0 unspecified atom stereocenters. The first-order valence-corrected chi connectivity index (χ1v) is 6.27. The highest BCUT2D eigenvalue weighted by Gasteiger charge is 2.12. The molecule has 0 aliphatic carbocycles. The van der Waals surface area contributed by atoms with Crippen molar-refractivity contribution >= 4 is 5.78 Å². The van der Waals surface area contributed by atoms with Crippen molar-refractivity contribution in [2.24, 2.45) is 0 Å². The van der Waals surface area contributed by atoms with Crippen molar-refractivity contribution in [3.8, 4) is 0 Å². The van der Waals surface area contributed by atoms with Crippen molar-refractivity contribution in [2.75, 3.05) is 19.6 Å². The highest BCUT2D eigenvalue weighted by Crippen LogP contribution is 2.09. The fourth-order valence-electron chi connectivity index (χ4n) is 2.12. The first kappa shape index (κ1) is 12.2. The highest BCUT2D eigenvalue weighted by molar-refractivity contribution is 5.77. The minimum Gasteiger partial charge on any atom is -0.339 e. The summed E-state index contributed by atoms with van der Waals surface area (Å²) >= 11 is 0. The molecule has 0 saturated carbocycles. The van der Waals surface area contributed by atoms with Gasteiger partial charge in [0.15, 0.2) is 5.82 Å². The summed E-state index contributed by atoms with van der Waals surface area (Å²) in [4.78, 5) is 17.5. The van der Waals surface area contributed by atoms with Crippen LogP contribution < -0.4 is 0 Å². The van der Waals surface area contributed by atoms with Gasteiger partial charge in [-0.3, -0.25) is 4.79 Å². The third kappa shape index (κ3) is 3.93. The Kier molecular flexibility index (Phi) is 4.25. The van der Waals surface area contributed by atoms with Crippen molar-refractivity contribution in [2.45, 2.75) is 39.0 Å². The maximum absolute atomic E-state index is 10.9. The molecular weight excluding hydrogens is 218 g/mol. The van der Waals surface area contributed by atoms with Gasteiger partial charge in [-0.2, -0.15) is 4.98 Å². The van der Waals surface area contributed by atoms with Gasteiger partial charge in [-0.25, -0.2) is 0 Å². The number of carbonyl (C=O) groups excluding carboxylic acids is 1. The van der Waals surface area contributed by atoms with Crippen LogP contribution in [-0.4, -0.2) is 40.5 Å². The third-order valence-electron chi connectivity index (χ3n) is 3.01. The van der Waals surface area contributed by atoms with Gasteiger partial charge in [0.2, 0.25) is 5.89 Å². The van der Waals surface area contributed by atoms with E-state index >= 15 is 0 Å². The van der Waals surface area contributed by atoms with Gasteiger partial charge in [-0.15, -0.1) is 0 Å². The number of nitrogens with zero attached hydrogens (tertiary/aromatic N) is 3. The van der Waals surface area contributed by atoms with E-state index in [4.69, 9.17) is 4.52 Å². The Balaban J connectivity index is 1.78. The van der Waals surface area contributed by atoms with E-state index in [1.165, 1.54) is 39.3 Å². The van der Waals surface area contributed by atoms with E-state index in [0.717, 1.165) is 13.0 Å². The van der Waals surface area contributed by atoms with Crippen LogP contribution in [0.3, 0.4) is 0 Å². The number of piperidine rings is 1. The zero-order valence-electron chi connectivity index (χ0n) is 10.3. The molecule has 94 valence electrons. The molecule has 0 spiro atoms. The van der Waals surface area contributed by atoms with Gasteiger partial charge < -0.3 is 9.42 Å². The van der Waals surface area contributed by atoms with Crippen molar-refractivity contribution < 1.29 is 9.32 Å². The lowest BCUT2D eigenvalue weighted by atomic mass is 10.1. The zero-order valence-corrected chi connectivity index (χ0v) is 10.3. The average Bonchev–Trinajstić information content (AvgIpc) is 2.75. The largest absolute Gasteiger partial charge is 0.339 e. The Hall–Kier alpha value is -1.23. The van der Waals surface area contributed by atoms with Crippen LogP contribution in [0.1, 0.15) is 37.9 Å². The van der Waals surface area contributed by atoms with E-state index in [9.17, 15) is 4.79 Å². The molecule has 0 N–H and O–H groups in total. The molecule has 1 saturated heterocycles. The zero-order chi connectivity index (χ0) is 12.1. The van der Waals surface area contributed by atoms with Crippen LogP contribution in [0, 0.1) is 0 Å². The van der Waals surface area contributed by atoms with Gasteiger partial charge in [0.1, 0.15) is 5.78 Å². The van der Waals surface area contributed by atoms with Crippen molar-refractivity contribution in [1.29, 1.82) is 0 Å². The predicted molar refractivity (Wildman–Crippen MR) is 62.7 cm³/mol. The van der Waals surface area contributed by atoms with Gasteiger partial charge in [-0.05, 0) is 32.9 Å². The predicted octanol–water partition coefficient (Wildman–Crippen LogP) is 1.23. The summed E-state index contributed by atoms with van der Waals surface area (Å²) in [5.41, 5.74) is 0. The lowest BCUT2D eigenvalue weighted by molar-refractivity contribution is -0.116. The van der Waals surface area contributed by atoms with E-state index in [1.54, 1.807) is 0 Å². The SMILES string of the molecule is CC(=O)Cc1nc(CCN2CCCCC2)no1. The summed E-state index contributed by atoms with van der Waals surface area (Å²) in [6.45, 7) is 4.87. The second kappa shape index (κ2) is 5.91. The van der Waals surface area contributed by atoms with Crippen LogP contribution in [0.5, 0.6) is 0 Å². The minimum absolute atomic E-state index is 0.0521. The molecule has 2 heterocycles. The number of ketones is 1. The highest BCUT2D eigenvalue weighted by atomic mass is 16.5. The number of carbonyl (C=O) groups is 1. The molecule has 0 atom stereocenters. The number of rotatable bonds is 5. The van der Waals surface area contributed by atoms with Crippen LogP contribution in [0.25, 0.3) is 0 Å². The minimum atomic E-state index is 0.0521. The molecule has 5 nitrogen and oxygen atoms in total. The summed E-state index contributed by atoms with van der Waals surface area (Å²) in [5, 5.41) is 3.89. The Morgan fingerprint density at radius 1 is 1.35 bits per heavy atom. The summed E-state index contributed by atoms with van der Waals surface area (Å²) < 4.78 is 5.01. The average molecular weight is 237 g/mol. The number of Topliss-reactive ketones (excluding diaryl/α,β-unsaturated/α-hetero) is 1. The van der Waals surface area contributed by atoms with Crippen molar-refractivity contribution in [1.82, 2.24) is 15.0 Å². The lowest BCUT2D eigenvalue weighted by Crippen LogP contribution is -2.31. The fourth-order valence-corrected chi connectivity index (χ4v) is 2.12. The molecule has 1 aliphatic rings. The fraction of sp³-hybridized carbons (Fsp3) is 0.750. The van der Waals surface area contributed by atoms with Crippen molar-refractivity contribution in [3.05, 3.63) is 11.7 Å². The van der Waals surface area contributed by atoms with Gasteiger partial charge in [0.25, 0.3) is 0 Å². The van der Waals surface area contributed by atoms with Crippen LogP contribution in [0.15, 0.2) is 4.52 Å². The molecule has 0 amide bonds. The molecule has 1 aliphatic heterocycles. The molecular formula is C12H19N3O2. The molecule has 17 heavy (non-hydrogen) atoms. The Bertz CT molecular complexity index is 370. The Morgan fingerprint density at radius 2 is 2.12 bits per heavy atom. The normalized spacial score (nSPS) is 17.2. The first-order valence-electron chi connectivity index (χ1n) is 6.27. The second-order valence-electron chi connectivity index (χ2n) is 4.64. The van der Waals surface area contributed by atoms with Gasteiger partial charge >= 0.3 is 0 Å². The summed E-state index contributed by atoms with van der Waals surface area (Å²) in [7, 11) is 0. The van der Waals surface area contributed by atoms with Gasteiger partial charge in [0.05, 0.1) is 6.42 Å². The van der Waals surface area contributed by atoms with E-state index in [1.807, 2.05) is 0 Å². The molecule has 0 aromatic carbocycles. The van der Waals surface area contributed by atoms with E-state index < -0.39 is 0 Å². The quantitative estimate of drug-likeness (QED) is 0.771. The molecule has 0 bridgehead atoms. The Labute approximate surface area is 101 Å². The van der Waals surface area contributed by atoms with Crippen molar-refractivity contribution in [3.63, 3.8) is 0 Å². The maximum atomic E-state index is 10.9. The van der Waals surface area contributed by atoms with Gasteiger partial charge in [0, 0.05) is 13.0 Å². The van der Waals surface area contributed by atoms with Crippen LogP contribution in [-0.2, 0) is 17.6 Å². The molecule has 5 heteroatoms. The van der Waals surface area contributed by atoms with Crippen LogP contribution in [0.2, 0.25) is 0 Å². The van der Waals surface area contributed by atoms with E-state index in [-0.39, 0.29) is 12.2 Å². The number of aromatic nitrogens is 2. The number of likely N-dealkylation sites (tertiary alicyclic amines) is 1. The number of hydrogen-bond donors (Lipinski definition) is 0. The Morgan fingerprint density at radius 3 is 2.82 bits per heavy atom. The topological polar surface area (TPSA) is 59.2 Å². The molecule has 2 rings (SSSR count). The lowest BCUT2D eigenvalue weighted by Gasteiger charge is -2.25. The molecule has 0 radical (unpaired) electrons. The van der Waals surface area contributed by atoms with E-state index in [0.29, 0.717) is 11.7 Å². The maximum Gasteiger partial charge on any atom is 0.234 e. The molecule has 1 aromatic rings. The summed E-state index contributed by atoms with van der Waals surface area (Å²) in [6, 6.07) is 0. The van der Waals surface area contributed by atoms with E-state index in [2.05, 4.69) is 15.0 Å². The standard InChI is InChI=1S/C12H19N3O2/c1-10(16)9-12-13-11(14-17-12)5-8-15-6-3-2-4-7-15/h2-9H2,1H3. The first-order chi connectivity index (χ1) is 8.24. The third-order valence-corrected chi connectivity index (χ3v) is 3.01. The number of hydrogen-bond acceptors (Lipinski definition) is 5. The van der Waals surface area contributed by atoms with Crippen LogP contribution in [0.4, 0.5) is 0 Å². The van der Waals surface area contributed by atoms with Gasteiger partial charge in [-0.1, -0.05) is 11.6 Å². The second-order valence-corrected chi connectivity index (χ2v) is 4.64. The molecule has 1 aromatic heterocycles. The summed E-state index contributed by atoms with van der Waals surface area (Å²) in [6.07, 6.45) is 4.99. The summed E-state index contributed by atoms with van der Waals surface area (Å²) in [5.74, 6) is 1.20. The smallest absolute Gasteiger partial charge is 0.234 e.